The molecule has 4 heteroatoms. The van der Waals surface area contributed by atoms with Gasteiger partial charge in [0.2, 0.25) is 0 Å². The van der Waals surface area contributed by atoms with Gasteiger partial charge in [-0.1, -0.05) is 45.0 Å². The highest BCUT2D eigenvalue weighted by atomic mass is 79.9. The van der Waals surface area contributed by atoms with Crippen LogP contribution in [0.15, 0.2) is 40.9 Å². The van der Waals surface area contributed by atoms with Crippen molar-refractivity contribution in [2.45, 2.75) is 26.2 Å². The third-order valence-corrected chi connectivity index (χ3v) is 3.84. The molecule has 110 valence electrons. The first kappa shape index (κ1) is 15.8. The number of ketones is 1. The first-order chi connectivity index (χ1) is 9.71. The van der Waals surface area contributed by atoms with Crippen LogP contribution in [0, 0.1) is 11.6 Å². The van der Waals surface area contributed by atoms with Gasteiger partial charge in [-0.3, -0.25) is 4.79 Å². The lowest BCUT2D eigenvalue weighted by Gasteiger charge is -2.22. The van der Waals surface area contributed by atoms with Gasteiger partial charge in [0.1, 0.15) is 11.6 Å². The van der Waals surface area contributed by atoms with E-state index in [1.807, 2.05) is 32.9 Å². The highest BCUT2D eigenvalue weighted by Crippen LogP contribution is 2.29. The highest BCUT2D eigenvalue weighted by molar-refractivity contribution is 9.10. The molecule has 0 saturated heterocycles. The van der Waals surface area contributed by atoms with Crippen LogP contribution in [0.4, 0.5) is 8.78 Å². The van der Waals surface area contributed by atoms with Crippen LogP contribution in [0.5, 0.6) is 0 Å². The summed E-state index contributed by atoms with van der Waals surface area (Å²) in [7, 11) is 0. The fraction of sp³-hybridized carbons (Fsp3) is 0.235. The Kier molecular flexibility index (Phi) is 4.28. The minimum Gasteiger partial charge on any atom is -0.288 e. The summed E-state index contributed by atoms with van der Waals surface area (Å²) in [5, 5.41) is 0. The molecule has 1 nitrogen and oxygen atoms in total. The van der Waals surface area contributed by atoms with Gasteiger partial charge in [-0.05, 0) is 39.0 Å². The molecular formula is C17H15BrF2O. The first-order valence-corrected chi connectivity index (χ1v) is 7.30. The third-order valence-electron chi connectivity index (χ3n) is 3.23. The van der Waals surface area contributed by atoms with Crippen molar-refractivity contribution in [3.05, 3.63) is 69.2 Å². The maximum Gasteiger partial charge on any atom is 0.196 e. The molecule has 0 heterocycles. The lowest BCUT2D eigenvalue weighted by Crippen LogP contribution is -2.18. The van der Waals surface area contributed by atoms with Gasteiger partial charge in [-0.15, -0.1) is 0 Å². The number of carbonyl (C=O) groups is 1. The molecule has 0 aromatic heterocycles. The Hall–Kier alpha value is -1.55. The molecule has 2 aromatic rings. The lowest BCUT2D eigenvalue weighted by molar-refractivity contribution is 0.103. The second kappa shape index (κ2) is 5.68. The molecule has 0 atom stereocenters. The van der Waals surface area contributed by atoms with E-state index in [-0.39, 0.29) is 15.5 Å². The molecule has 0 bridgehead atoms. The standard InChI is InChI=1S/C17H15BrF2O/c1-17(2,3)12-7-5-4-6-10(12)16(21)11-8-15(20)13(18)9-14(11)19/h4-9H,1-3H3. The molecule has 0 spiro atoms. The summed E-state index contributed by atoms with van der Waals surface area (Å²) in [6, 6.07) is 8.93. The molecule has 21 heavy (non-hydrogen) atoms. The molecular weight excluding hydrogens is 338 g/mol. The largest absolute Gasteiger partial charge is 0.288 e. The van der Waals surface area contributed by atoms with Gasteiger partial charge >= 0.3 is 0 Å². The number of hydrogen-bond donors (Lipinski definition) is 0. The van der Waals surface area contributed by atoms with E-state index in [4.69, 9.17) is 0 Å². The zero-order chi connectivity index (χ0) is 15.8. The summed E-state index contributed by atoms with van der Waals surface area (Å²) in [6.07, 6.45) is 0. The third kappa shape index (κ3) is 3.21. The van der Waals surface area contributed by atoms with E-state index in [2.05, 4.69) is 15.9 Å². The van der Waals surface area contributed by atoms with Gasteiger partial charge in [-0.2, -0.15) is 0 Å². The Bertz CT molecular complexity index is 702. The molecule has 0 fully saturated rings. The molecule has 0 unspecified atom stereocenters. The lowest BCUT2D eigenvalue weighted by atomic mass is 9.82. The SMILES string of the molecule is CC(C)(C)c1ccccc1C(=O)c1cc(F)c(Br)cc1F. The van der Waals surface area contributed by atoms with E-state index in [9.17, 15) is 13.6 Å². The summed E-state index contributed by atoms with van der Waals surface area (Å²) in [5.41, 5.74) is 0.673. The summed E-state index contributed by atoms with van der Waals surface area (Å²) in [6.45, 7) is 5.91. The van der Waals surface area contributed by atoms with Crippen LogP contribution in [0.25, 0.3) is 0 Å². The minimum atomic E-state index is -0.739. The maximum absolute atomic E-state index is 14.0. The van der Waals surface area contributed by atoms with Gasteiger partial charge < -0.3 is 0 Å². The maximum atomic E-state index is 14.0. The van der Waals surface area contributed by atoms with E-state index < -0.39 is 17.4 Å². The number of carbonyl (C=O) groups excluding carboxylic acids is 1. The zero-order valence-corrected chi connectivity index (χ0v) is 13.6. The van der Waals surface area contributed by atoms with E-state index >= 15 is 0 Å². The molecule has 2 aromatic carbocycles. The van der Waals surface area contributed by atoms with Crippen molar-refractivity contribution in [3.8, 4) is 0 Å². The second-order valence-corrected chi connectivity index (χ2v) is 6.73. The Labute approximate surface area is 131 Å². The molecule has 0 aliphatic carbocycles. The number of hydrogen-bond acceptors (Lipinski definition) is 1. The Balaban J connectivity index is 2.59. The van der Waals surface area contributed by atoms with Crippen LogP contribution >= 0.6 is 15.9 Å². The van der Waals surface area contributed by atoms with Gasteiger partial charge in [0.15, 0.2) is 5.78 Å². The van der Waals surface area contributed by atoms with Gasteiger partial charge in [0.05, 0.1) is 10.0 Å². The van der Waals surface area contributed by atoms with E-state index in [1.165, 1.54) is 0 Å². The Morgan fingerprint density at radius 1 is 1.00 bits per heavy atom. The predicted octanol–water partition coefficient (Wildman–Crippen LogP) is 5.26. The van der Waals surface area contributed by atoms with Crippen molar-refractivity contribution in [1.82, 2.24) is 0 Å². The number of benzene rings is 2. The topological polar surface area (TPSA) is 17.1 Å². The van der Waals surface area contributed by atoms with Gasteiger partial charge in [-0.25, -0.2) is 8.78 Å². The molecule has 0 radical (unpaired) electrons. The van der Waals surface area contributed by atoms with E-state index in [0.717, 1.165) is 17.7 Å². The summed E-state index contributed by atoms with van der Waals surface area (Å²) < 4.78 is 27.6. The van der Waals surface area contributed by atoms with E-state index in [1.54, 1.807) is 12.1 Å². The second-order valence-electron chi connectivity index (χ2n) is 5.87. The Morgan fingerprint density at radius 2 is 1.62 bits per heavy atom. The smallest absolute Gasteiger partial charge is 0.196 e. The molecule has 0 aliphatic heterocycles. The van der Waals surface area contributed by atoms with Crippen LogP contribution in [-0.2, 0) is 5.41 Å². The Morgan fingerprint density at radius 3 is 2.24 bits per heavy atom. The fourth-order valence-electron chi connectivity index (χ4n) is 2.18. The first-order valence-electron chi connectivity index (χ1n) is 6.50. The average molecular weight is 353 g/mol. The van der Waals surface area contributed by atoms with Crippen LogP contribution < -0.4 is 0 Å². The fourth-order valence-corrected chi connectivity index (χ4v) is 2.49. The molecule has 0 saturated carbocycles. The highest BCUT2D eigenvalue weighted by Gasteiger charge is 2.24. The van der Waals surface area contributed by atoms with Crippen molar-refractivity contribution < 1.29 is 13.6 Å². The summed E-state index contributed by atoms with van der Waals surface area (Å²) in [5.74, 6) is -1.91. The van der Waals surface area contributed by atoms with E-state index in [0.29, 0.717) is 5.56 Å². The van der Waals surface area contributed by atoms with Crippen molar-refractivity contribution >= 4 is 21.7 Å². The van der Waals surface area contributed by atoms with Crippen molar-refractivity contribution in [2.24, 2.45) is 0 Å². The van der Waals surface area contributed by atoms with Crippen LogP contribution in [-0.4, -0.2) is 5.78 Å². The summed E-state index contributed by atoms with van der Waals surface area (Å²) >= 11 is 2.91. The monoisotopic (exact) mass is 352 g/mol. The molecule has 0 N–H and O–H groups in total. The normalized spacial score (nSPS) is 11.5. The number of rotatable bonds is 2. The molecule has 0 amide bonds. The zero-order valence-electron chi connectivity index (χ0n) is 12.0. The van der Waals surface area contributed by atoms with Gasteiger partial charge in [0, 0.05) is 5.56 Å². The quantitative estimate of drug-likeness (QED) is 0.532. The summed E-state index contributed by atoms with van der Waals surface area (Å²) in [4.78, 5) is 12.6. The van der Waals surface area contributed by atoms with Crippen molar-refractivity contribution in [3.63, 3.8) is 0 Å². The van der Waals surface area contributed by atoms with Crippen LogP contribution in [0.1, 0.15) is 42.3 Å². The molecule has 0 aliphatic rings. The van der Waals surface area contributed by atoms with Crippen molar-refractivity contribution in [1.29, 1.82) is 0 Å². The van der Waals surface area contributed by atoms with Crippen LogP contribution in [0.3, 0.4) is 0 Å². The average Bonchev–Trinajstić information content (AvgIpc) is 2.41. The van der Waals surface area contributed by atoms with Crippen molar-refractivity contribution in [2.75, 3.05) is 0 Å². The van der Waals surface area contributed by atoms with Crippen LogP contribution in [0.2, 0.25) is 0 Å². The van der Waals surface area contributed by atoms with Gasteiger partial charge in [0.25, 0.3) is 0 Å². The molecule has 2 rings (SSSR count). The predicted molar refractivity (Wildman–Crippen MR) is 82.6 cm³/mol. The number of halogens is 3. The minimum absolute atomic E-state index is 0.000608.